The topological polar surface area (TPSA) is 106 Å². The molecule has 0 aromatic carbocycles. The largest absolute Gasteiger partial charge is 0.450 e. The zero-order valence-electron chi connectivity index (χ0n) is 10.6. The summed E-state index contributed by atoms with van der Waals surface area (Å²) in [7, 11) is -3.78. The maximum Gasteiger partial charge on any atom is 0.245 e. The third-order valence-corrected chi connectivity index (χ3v) is 4.77. The highest BCUT2D eigenvalue weighted by atomic mass is 79.9. The molecule has 0 fully saturated rings. The number of hydrogen-bond donors (Lipinski definition) is 2. The van der Waals surface area contributed by atoms with Gasteiger partial charge in [0.2, 0.25) is 15.9 Å². The van der Waals surface area contributed by atoms with Crippen molar-refractivity contribution in [2.45, 2.75) is 31.4 Å². The van der Waals surface area contributed by atoms with E-state index < -0.39 is 10.0 Å². The lowest BCUT2D eigenvalue weighted by atomic mass is 10.4. The van der Waals surface area contributed by atoms with Crippen LogP contribution in [-0.4, -0.2) is 18.5 Å². The molecule has 0 spiro atoms. The van der Waals surface area contributed by atoms with Gasteiger partial charge in [0, 0.05) is 12.5 Å². The summed E-state index contributed by atoms with van der Waals surface area (Å²) in [4.78, 5) is 3.88. The van der Waals surface area contributed by atoms with E-state index in [1.807, 2.05) is 6.92 Å². The smallest absolute Gasteiger partial charge is 0.245 e. The molecule has 2 N–H and O–H groups in total. The Morgan fingerprint density at radius 2 is 2.15 bits per heavy atom. The minimum Gasteiger partial charge on any atom is -0.450 e. The zero-order valence-corrected chi connectivity index (χ0v) is 13.0. The van der Waals surface area contributed by atoms with Gasteiger partial charge in [-0.1, -0.05) is 6.92 Å². The predicted molar refractivity (Wildman–Crippen MR) is 72.2 cm³/mol. The van der Waals surface area contributed by atoms with Crippen LogP contribution in [0.1, 0.15) is 24.3 Å². The van der Waals surface area contributed by atoms with Gasteiger partial charge >= 0.3 is 0 Å². The first-order valence-corrected chi connectivity index (χ1v) is 8.06. The fourth-order valence-corrected chi connectivity index (χ4v) is 3.46. The van der Waals surface area contributed by atoms with Crippen LogP contribution in [0, 0.1) is 0 Å². The second kappa shape index (κ2) is 6.08. The summed E-state index contributed by atoms with van der Waals surface area (Å²) < 4.78 is 36.9. The maximum atomic E-state index is 12.1. The quantitative estimate of drug-likeness (QED) is 0.805. The fourth-order valence-electron chi connectivity index (χ4n) is 1.49. The van der Waals surface area contributed by atoms with Crippen molar-refractivity contribution in [2.75, 3.05) is 0 Å². The minimum absolute atomic E-state index is 0.0377. The summed E-state index contributed by atoms with van der Waals surface area (Å²) in [6.45, 7) is 1.47. The number of aromatic nitrogens is 1. The van der Waals surface area contributed by atoms with E-state index in [-0.39, 0.29) is 34.4 Å². The monoisotopic (exact) mass is 364 g/mol. The molecule has 0 radical (unpaired) electrons. The summed E-state index contributed by atoms with van der Waals surface area (Å²) in [6, 6.07) is 1.25. The molecular weight excluding hydrogens is 352 g/mol. The van der Waals surface area contributed by atoms with E-state index >= 15 is 0 Å². The number of oxazole rings is 1. The zero-order chi connectivity index (χ0) is 14.8. The number of nitrogens with one attached hydrogen (secondary N) is 1. The van der Waals surface area contributed by atoms with E-state index in [4.69, 9.17) is 13.9 Å². The number of aliphatic hydroxyl groups is 1. The van der Waals surface area contributed by atoms with Crippen LogP contribution in [0.3, 0.4) is 0 Å². The molecule has 2 heterocycles. The summed E-state index contributed by atoms with van der Waals surface area (Å²) in [6.07, 6.45) is 2.24. The van der Waals surface area contributed by atoms with E-state index in [2.05, 4.69) is 25.6 Å². The van der Waals surface area contributed by atoms with Gasteiger partial charge in [-0.15, -0.1) is 0 Å². The summed E-state index contributed by atoms with van der Waals surface area (Å²) in [5, 5.41) is 8.92. The number of hydrogen-bond acceptors (Lipinski definition) is 6. The Labute approximate surface area is 124 Å². The van der Waals surface area contributed by atoms with E-state index in [0.29, 0.717) is 12.2 Å². The van der Waals surface area contributed by atoms with Gasteiger partial charge in [0.15, 0.2) is 4.67 Å². The lowest BCUT2D eigenvalue weighted by Gasteiger charge is -2.02. The third kappa shape index (κ3) is 3.29. The first kappa shape index (κ1) is 15.2. The predicted octanol–water partition coefficient (Wildman–Crippen LogP) is 1.56. The van der Waals surface area contributed by atoms with Crippen LogP contribution < -0.4 is 4.72 Å². The lowest BCUT2D eigenvalue weighted by molar-refractivity contribution is 0.245. The van der Waals surface area contributed by atoms with Gasteiger partial charge in [-0.3, -0.25) is 0 Å². The Morgan fingerprint density at radius 1 is 1.40 bits per heavy atom. The van der Waals surface area contributed by atoms with Crippen molar-refractivity contribution in [3.05, 3.63) is 34.3 Å². The molecule has 0 saturated carbocycles. The van der Waals surface area contributed by atoms with Crippen LogP contribution in [0.25, 0.3) is 0 Å². The van der Waals surface area contributed by atoms with Crippen LogP contribution in [0.5, 0.6) is 0 Å². The van der Waals surface area contributed by atoms with Crippen molar-refractivity contribution in [3.8, 4) is 0 Å². The molecule has 0 aliphatic heterocycles. The molecule has 2 aromatic heterocycles. The molecule has 110 valence electrons. The van der Waals surface area contributed by atoms with E-state index in [0.717, 1.165) is 0 Å². The molecular formula is C11H13BrN2O5S. The fraction of sp³-hybridized carbons (Fsp3) is 0.364. The van der Waals surface area contributed by atoms with Crippen molar-refractivity contribution in [1.29, 1.82) is 0 Å². The summed E-state index contributed by atoms with van der Waals surface area (Å²) >= 11 is 3.00. The van der Waals surface area contributed by atoms with Crippen molar-refractivity contribution in [1.82, 2.24) is 9.71 Å². The molecule has 0 aliphatic rings. The Balaban J connectivity index is 2.12. The number of halogens is 1. The van der Waals surface area contributed by atoms with Gasteiger partial charge < -0.3 is 13.9 Å². The van der Waals surface area contributed by atoms with E-state index in [1.165, 1.54) is 6.07 Å². The number of aryl methyl sites for hydroxylation is 1. The highest BCUT2D eigenvalue weighted by molar-refractivity contribution is 9.10. The SMILES string of the molecule is CCc1cnc(CNS(=O)(=O)c2cc(CO)oc2Br)o1. The van der Waals surface area contributed by atoms with Crippen LogP contribution >= 0.6 is 15.9 Å². The summed E-state index contributed by atoms with van der Waals surface area (Å²) in [5.74, 6) is 1.13. The number of furan rings is 1. The highest BCUT2D eigenvalue weighted by Gasteiger charge is 2.22. The number of sulfonamides is 1. The first-order chi connectivity index (χ1) is 9.46. The van der Waals surface area contributed by atoms with Crippen molar-refractivity contribution in [3.63, 3.8) is 0 Å². The molecule has 2 aromatic rings. The lowest BCUT2D eigenvalue weighted by Crippen LogP contribution is -2.23. The van der Waals surface area contributed by atoms with Gasteiger partial charge in [-0.2, -0.15) is 0 Å². The van der Waals surface area contributed by atoms with Gasteiger partial charge in [0.05, 0.1) is 12.7 Å². The van der Waals surface area contributed by atoms with Crippen LogP contribution in [0.2, 0.25) is 0 Å². The molecule has 2 rings (SSSR count). The van der Waals surface area contributed by atoms with Gasteiger partial charge in [-0.25, -0.2) is 18.1 Å². The Hall–Kier alpha value is -1.16. The summed E-state index contributed by atoms with van der Waals surface area (Å²) in [5.41, 5.74) is 0. The molecule has 0 unspecified atom stereocenters. The van der Waals surface area contributed by atoms with Crippen LogP contribution in [0.15, 0.2) is 30.7 Å². The first-order valence-electron chi connectivity index (χ1n) is 5.78. The molecule has 0 saturated heterocycles. The van der Waals surface area contributed by atoms with Gasteiger partial charge in [0.1, 0.15) is 23.0 Å². The minimum atomic E-state index is -3.78. The molecule has 0 aliphatic carbocycles. The maximum absolute atomic E-state index is 12.1. The Morgan fingerprint density at radius 3 is 2.70 bits per heavy atom. The average Bonchev–Trinajstić information content (AvgIpc) is 3.02. The van der Waals surface area contributed by atoms with Crippen LogP contribution in [0.4, 0.5) is 0 Å². The number of nitrogens with zero attached hydrogens (tertiary/aromatic N) is 1. The number of rotatable bonds is 6. The molecule has 9 heteroatoms. The standard InChI is InChI=1S/C11H13BrN2O5S/c1-2-7-4-13-10(18-7)5-14-20(16,17)9-3-8(6-15)19-11(9)12/h3-4,14-15H,2,5-6H2,1H3. The highest BCUT2D eigenvalue weighted by Crippen LogP contribution is 2.26. The molecule has 0 atom stereocenters. The molecule has 0 amide bonds. The second-order valence-electron chi connectivity index (χ2n) is 3.91. The van der Waals surface area contributed by atoms with E-state index in [1.54, 1.807) is 6.20 Å². The number of aliphatic hydroxyl groups excluding tert-OH is 1. The van der Waals surface area contributed by atoms with Crippen molar-refractivity contribution < 1.29 is 22.4 Å². The second-order valence-corrected chi connectivity index (χ2v) is 6.36. The van der Waals surface area contributed by atoms with Crippen molar-refractivity contribution >= 4 is 26.0 Å². The normalized spacial score (nSPS) is 11.9. The van der Waals surface area contributed by atoms with Crippen LogP contribution in [-0.2, 0) is 29.6 Å². The molecule has 0 bridgehead atoms. The average molecular weight is 365 g/mol. The molecule has 20 heavy (non-hydrogen) atoms. The third-order valence-electron chi connectivity index (χ3n) is 2.52. The Bertz CT molecular complexity index is 691. The molecule has 7 nitrogen and oxygen atoms in total. The Kier molecular flexibility index (Phi) is 4.63. The van der Waals surface area contributed by atoms with E-state index in [9.17, 15) is 8.42 Å². The van der Waals surface area contributed by atoms with Gasteiger partial charge in [-0.05, 0) is 15.9 Å². The van der Waals surface area contributed by atoms with Gasteiger partial charge in [0.25, 0.3) is 0 Å². The van der Waals surface area contributed by atoms with Crippen molar-refractivity contribution in [2.24, 2.45) is 0 Å².